The number of hydrogen-bond acceptors (Lipinski definition) is 1. The number of benzene rings is 5. The van der Waals surface area contributed by atoms with Gasteiger partial charge < -0.3 is 9.13 Å². The predicted octanol–water partition coefficient (Wildman–Crippen LogP) is 12.6. The normalized spacial score (nSPS) is 13.5. The van der Waals surface area contributed by atoms with Gasteiger partial charge >= 0.3 is 12.4 Å². The van der Waals surface area contributed by atoms with Crippen LogP contribution in [0.15, 0.2) is 90.5 Å². The van der Waals surface area contributed by atoms with Crippen LogP contribution in [-0.4, -0.2) is 9.13 Å². The molecular formula is C43H31F6N3. The molecule has 0 saturated heterocycles. The molecular weight excluding hydrogens is 672 g/mol. The van der Waals surface area contributed by atoms with Gasteiger partial charge in [-0.05, 0) is 113 Å². The van der Waals surface area contributed by atoms with Gasteiger partial charge in [-0.1, -0.05) is 46.5 Å². The van der Waals surface area contributed by atoms with Gasteiger partial charge in [-0.2, -0.15) is 31.6 Å². The number of nitrogens with zero attached hydrogens (tertiary/aromatic N) is 3. The molecule has 3 nitrogen and oxygen atoms in total. The van der Waals surface area contributed by atoms with E-state index in [0.29, 0.717) is 17.8 Å². The second-order valence-corrected chi connectivity index (χ2v) is 13.9. The fraction of sp³-hybridized carbons (Fsp3) is 0.186. The highest BCUT2D eigenvalue weighted by Gasteiger charge is 2.37. The lowest BCUT2D eigenvalue weighted by atomic mass is 9.94. The Bertz CT molecular complexity index is 2620. The van der Waals surface area contributed by atoms with E-state index in [1.165, 1.54) is 0 Å². The van der Waals surface area contributed by atoms with Crippen molar-refractivity contribution >= 4 is 38.8 Å². The van der Waals surface area contributed by atoms with Crippen molar-refractivity contribution in [2.24, 2.45) is 0 Å². The zero-order chi connectivity index (χ0) is 36.9. The molecule has 0 saturated carbocycles. The average molecular weight is 704 g/mol. The van der Waals surface area contributed by atoms with Crippen molar-refractivity contribution in [3.8, 4) is 28.6 Å². The number of rotatable bonds is 3. The first-order valence-electron chi connectivity index (χ1n) is 16.8. The fourth-order valence-electron chi connectivity index (χ4n) is 7.69. The van der Waals surface area contributed by atoms with Crippen LogP contribution in [-0.2, 0) is 18.8 Å². The molecule has 8 rings (SSSR count). The van der Waals surface area contributed by atoms with E-state index >= 15 is 0 Å². The van der Waals surface area contributed by atoms with Gasteiger partial charge in [0.15, 0.2) is 0 Å². The van der Waals surface area contributed by atoms with E-state index in [1.807, 2.05) is 91.4 Å². The Morgan fingerprint density at radius 1 is 0.577 bits per heavy atom. The van der Waals surface area contributed by atoms with Gasteiger partial charge in [0, 0.05) is 33.0 Å². The minimum Gasteiger partial charge on any atom is -0.312 e. The molecule has 1 aliphatic carbocycles. The summed E-state index contributed by atoms with van der Waals surface area (Å²) >= 11 is 0. The number of halogens is 6. The maximum Gasteiger partial charge on any atom is 0.416 e. The quantitative estimate of drug-likeness (QED) is 0.169. The maximum atomic E-state index is 14.3. The van der Waals surface area contributed by atoms with Crippen molar-refractivity contribution in [3.05, 3.63) is 135 Å². The molecule has 9 heteroatoms. The number of aryl methyl sites for hydroxylation is 3. The highest BCUT2D eigenvalue weighted by Crippen LogP contribution is 2.45. The van der Waals surface area contributed by atoms with Crippen LogP contribution in [0.5, 0.6) is 0 Å². The van der Waals surface area contributed by atoms with Crippen LogP contribution in [0, 0.1) is 32.1 Å². The van der Waals surface area contributed by atoms with Crippen molar-refractivity contribution in [3.63, 3.8) is 0 Å². The molecule has 0 unspecified atom stereocenters. The monoisotopic (exact) mass is 703 g/mol. The van der Waals surface area contributed by atoms with Gasteiger partial charge in [-0.15, -0.1) is 0 Å². The van der Waals surface area contributed by atoms with Crippen molar-refractivity contribution < 1.29 is 26.3 Å². The van der Waals surface area contributed by atoms with Crippen LogP contribution in [0.3, 0.4) is 0 Å². The van der Waals surface area contributed by atoms with Gasteiger partial charge in [-0.3, -0.25) is 0 Å². The third kappa shape index (κ3) is 5.36. The van der Waals surface area contributed by atoms with E-state index in [0.717, 1.165) is 84.8 Å². The molecule has 0 fully saturated rings. The molecule has 0 amide bonds. The summed E-state index contributed by atoms with van der Waals surface area (Å²) in [6.45, 7) is 7.94. The summed E-state index contributed by atoms with van der Waals surface area (Å²) in [5.41, 5.74) is 6.17. The second kappa shape index (κ2) is 11.6. The van der Waals surface area contributed by atoms with Gasteiger partial charge in [-0.25, -0.2) is 0 Å². The third-order valence-corrected chi connectivity index (χ3v) is 10.1. The highest BCUT2D eigenvalue weighted by atomic mass is 19.4. The van der Waals surface area contributed by atoms with E-state index in [1.54, 1.807) is 12.1 Å². The standard InChI is InChI=1S/C43H31F6N3/c1-23-5-9-36-32(13-23)33-14-24(2)6-10-37(33)51(36)40-21-31(27-17-29(42(44,45)46)20-30(18-27)43(47,48)49)41(19-28(40)22-50)52-38-11-7-25(3)15-34(38)35-16-26(4)8-12-39(35)52/h5-7,9-11,13-21H,8,12H2,1-4H3. The molecule has 1 aliphatic rings. The predicted molar refractivity (Wildman–Crippen MR) is 194 cm³/mol. The molecule has 5 aromatic carbocycles. The SMILES string of the molecule is CC1=Cc2c(n(-c3cc(C#N)c(-n4c5ccc(C)cc5c5cc(C)ccc54)cc3-c3cc(C(F)(F)F)cc(C(F)(F)F)c3)c3ccc(C)cc23)CC1. The lowest BCUT2D eigenvalue weighted by molar-refractivity contribution is -0.143. The largest absolute Gasteiger partial charge is 0.416 e. The molecule has 0 atom stereocenters. The van der Waals surface area contributed by atoms with Gasteiger partial charge in [0.25, 0.3) is 0 Å². The molecule has 260 valence electrons. The van der Waals surface area contributed by atoms with Crippen molar-refractivity contribution in [1.29, 1.82) is 5.26 Å². The number of allylic oxidation sites excluding steroid dienone is 1. The number of nitriles is 1. The van der Waals surface area contributed by atoms with Gasteiger partial charge in [0.1, 0.15) is 6.07 Å². The molecule has 0 radical (unpaired) electrons. The molecule has 0 spiro atoms. The highest BCUT2D eigenvalue weighted by molar-refractivity contribution is 6.10. The topological polar surface area (TPSA) is 33.6 Å². The molecule has 2 heterocycles. The summed E-state index contributed by atoms with van der Waals surface area (Å²) in [5.74, 6) is 0. The zero-order valence-electron chi connectivity index (χ0n) is 28.7. The number of fused-ring (bicyclic) bond motifs is 6. The van der Waals surface area contributed by atoms with Crippen molar-refractivity contribution in [2.75, 3.05) is 0 Å². The van der Waals surface area contributed by atoms with E-state index < -0.39 is 23.5 Å². The van der Waals surface area contributed by atoms with Crippen LogP contribution >= 0.6 is 0 Å². The van der Waals surface area contributed by atoms with Crippen molar-refractivity contribution in [1.82, 2.24) is 9.13 Å². The minimum atomic E-state index is -5.05. The summed E-state index contributed by atoms with van der Waals surface area (Å²) < 4.78 is 89.9. The molecule has 2 aromatic heterocycles. The van der Waals surface area contributed by atoms with E-state index in [4.69, 9.17) is 0 Å². The Morgan fingerprint density at radius 2 is 1.10 bits per heavy atom. The lowest BCUT2D eigenvalue weighted by Gasteiger charge is -2.22. The first kappa shape index (κ1) is 33.4. The van der Waals surface area contributed by atoms with Crippen LogP contribution in [0.25, 0.3) is 61.3 Å². The van der Waals surface area contributed by atoms with Gasteiger partial charge in [0.2, 0.25) is 0 Å². The van der Waals surface area contributed by atoms with Crippen LogP contribution in [0.2, 0.25) is 0 Å². The molecule has 0 N–H and O–H groups in total. The summed E-state index contributed by atoms with van der Waals surface area (Å²) in [4.78, 5) is 0. The Morgan fingerprint density at radius 3 is 1.62 bits per heavy atom. The smallest absolute Gasteiger partial charge is 0.312 e. The third-order valence-electron chi connectivity index (χ3n) is 10.1. The number of aromatic nitrogens is 2. The first-order chi connectivity index (χ1) is 24.6. The summed E-state index contributed by atoms with van der Waals surface area (Å²) in [6, 6.07) is 24.9. The Kier molecular flexibility index (Phi) is 7.48. The molecule has 0 aliphatic heterocycles. The zero-order valence-corrected chi connectivity index (χ0v) is 28.7. The number of hydrogen-bond donors (Lipinski definition) is 0. The average Bonchev–Trinajstić information content (AvgIpc) is 3.57. The maximum absolute atomic E-state index is 14.3. The Hall–Kier alpha value is -5.75. The Balaban J connectivity index is 1.55. The minimum absolute atomic E-state index is 0.131. The first-order valence-corrected chi connectivity index (χ1v) is 16.8. The summed E-state index contributed by atoms with van der Waals surface area (Å²) in [7, 11) is 0. The van der Waals surface area contributed by atoms with Crippen molar-refractivity contribution in [2.45, 2.75) is 52.9 Å². The van der Waals surface area contributed by atoms with E-state index in [2.05, 4.69) is 12.1 Å². The number of alkyl halides is 6. The molecule has 0 bridgehead atoms. The van der Waals surface area contributed by atoms with E-state index in [-0.39, 0.29) is 22.8 Å². The second-order valence-electron chi connectivity index (χ2n) is 13.9. The van der Waals surface area contributed by atoms with Crippen LogP contribution in [0.1, 0.15) is 58.0 Å². The molecule has 52 heavy (non-hydrogen) atoms. The van der Waals surface area contributed by atoms with Crippen LogP contribution in [0.4, 0.5) is 26.3 Å². The van der Waals surface area contributed by atoms with E-state index in [9.17, 15) is 31.6 Å². The van der Waals surface area contributed by atoms with Crippen LogP contribution < -0.4 is 0 Å². The molecule has 7 aromatic rings. The fourth-order valence-corrected chi connectivity index (χ4v) is 7.69. The lowest BCUT2D eigenvalue weighted by Crippen LogP contribution is -2.12. The Labute approximate surface area is 295 Å². The summed E-state index contributed by atoms with van der Waals surface area (Å²) in [6.07, 6.45) is -6.69. The van der Waals surface area contributed by atoms with Gasteiger partial charge in [0.05, 0.1) is 44.6 Å². The summed E-state index contributed by atoms with van der Waals surface area (Å²) in [5, 5.41) is 13.5.